The van der Waals surface area contributed by atoms with E-state index in [1.54, 1.807) is 4.90 Å². The van der Waals surface area contributed by atoms with Gasteiger partial charge in [0.15, 0.2) is 5.17 Å². The second-order valence-electron chi connectivity index (χ2n) is 6.03. The highest BCUT2D eigenvalue weighted by atomic mass is 32.2. The minimum Gasteiger partial charge on any atom is -0.394 e. The number of aliphatic imine (C=N–C) groups is 1. The summed E-state index contributed by atoms with van der Waals surface area (Å²) < 4.78 is 5.62. The lowest BCUT2D eigenvalue weighted by Gasteiger charge is -2.37. The van der Waals surface area contributed by atoms with Crippen LogP contribution < -0.4 is 0 Å². The number of amides is 1. The second-order valence-corrected chi connectivity index (χ2v) is 7.09. The van der Waals surface area contributed by atoms with Gasteiger partial charge in [0.05, 0.1) is 13.0 Å². The zero-order valence-corrected chi connectivity index (χ0v) is 14.7. The van der Waals surface area contributed by atoms with Crippen LogP contribution in [0.3, 0.4) is 0 Å². The third-order valence-electron chi connectivity index (χ3n) is 4.38. The van der Waals surface area contributed by atoms with Gasteiger partial charge in [0.25, 0.3) is 0 Å². The molecule has 8 heteroatoms. The van der Waals surface area contributed by atoms with E-state index in [4.69, 9.17) is 4.74 Å². The quantitative estimate of drug-likeness (QED) is 0.693. The Labute approximate surface area is 150 Å². The molecule has 0 radical (unpaired) electrons. The molecule has 0 spiro atoms. The minimum absolute atomic E-state index is 0.0904. The Kier molecular flexibility index (Phi) is 5.75. The molecule has 5 atom stereocenters. The van der Waals surface area contributed by atoms with Crippen molar-refractivity contribution in [3.05, 3.63) is 35.9 Å². The van der Waals surface area contributed by atoms with E-state index < -0.39 is 29.8 Å². The van der Waals surface area contributed by atoms with Crippen molar-refractivity contribution in [2.75, 3.05) is 13.2 Å². The van der Waals surface area contributed by atoms with Gasteiger partial charge in [-0.1, -0.05) is 42.1 Å². The van der Waals surface area contributed by atoms with Crippen molar-refractivity contribution < 1.29 is 24.9 Å². The summed E-state index contributed by atoms with van der Waals surface area (Å²) in [7, 11) is 0. The van der Waals surface area contributed by atoms with Crippen molar-refractivity contribution in [3.63, 3.8) is 0 Å². The molecule has 1 aromatic carbocycles. The van der Waals surface area contributed by atoms with Gasteiger partial charge in [0.2, 0.25) is 5.91 Å². The summed E-state index contributed by atoms with van der Waals surface area (Å²) >= 11 is 1.24. The summed E-state index contributed by atoms with van der Waals surface area (Å²) in [6, 6.07) is 8.80. The molecule has 3 N–H and O–H groups in total. The van der Waals surface area contributed by atoms with E-state index in [0.717, 1.165) is 5.56 Å². The van der Waals surface area contributed by atoms with E-state index in [0.29, 0.717) is 11.7 Å². The zero-order valence-electron chi connectivity index (χ0n) is 13.9. The average Bonchev–Trinajstić information content (AvgIpc) is 3.03. The molecule has 1 aromatic rings. The smallest absolute Gasteiger partial charge is 0.232 e. The number of fused-ring (bicyclic) bond motifs is 1. The molecule has 136 valence electrons. The molecule has 3 rings (SSSR count). The van der Waals surface area contributed by atoms with Gasteiger partial charge < -0.3 is 20.1 Å². The Bertz CT molecular complexity index is 641. The van der Waals surface area contributed by atoms with Crippen LogP contribution >= 0.6 is 11.8 Å². The van der Waals surface area contributed by atoms with E-state index in [1.165, 1.54) is 11.8 Å². The number of thioether (sulfide) groups is 1. The van der Waals surface area contributed by atoms with Crippen molar-refractivity contribution in [1.29, 1.82) is 0 Å². The predicted molar refractivity (Wildman–Crippen MR) is 94.1 cm³/mol. The van der Waals surface area contributed by atoms with E-state index >= 15 is 0 Å². The Morgan fingerprint density at radius 3 is 2.64 bits per heavy atom. The first kappa shape index (κ1) is 18.3. The van der Waals surface area contributed by atoms with Gasteiger partial charge in [0, 0.05) is 6.54 Å². The molecule has 0 aromatic heterocycles. The van der Waals surface area contributed by atoms with Crippen molar-refractivity contribution in [3.8, 4) is 0 Å². The first-order valence-electron chi connectivity index (χ1n) is 8.26. The number of benzene rings is 1. The predicted octanol–water partition coefficient (Wildman–Crippen LogP) is -0.0120. The van der Waals surface area contributed by atoms with Crippen molar-refractivity contribution in [1.82, 2.24) is 4.90 Å². The maximum atomic E-state index is 12.6. The molecule has 25 heavy (non-hydrogen) atoms. The number of amidine groups is 1. The third kappa shape index (κ3) is 3.73. The molecule has 0 bridgehead atoms. The topological polar surface area (TPSA) is 103 Å². The van der Waals surface area contributed by atoms with Crippen LogP contribution in [0, 0.1) is 0 Å². The molecular formula is C17H22N2O5S. The average molecular weight is 366 g/mol. The maximum Gasteiger partial charge on any atom is 0.232 e. The molecule has 7 nitrogen and oxygen atoms in total. The lowest BCUT2D eigenvalue weighted by Crippen LogP contribution is -2.55. The summed E-state index contributed by atoms with van der Waals surface area (Å²) in [5.74, 6) is -0.0904. The Balaban J connectivity index is 1.73. The first-order chi connectivity index (χ1) is 12.0. The molecule has 0 aliphatic carbocycles. The number of aliphatic hydroxyl groups excluding tert-OH is 3. The van der Waals surface area contributed by atoms with E-state index in [1.807, 2.05) is 37.3 Å². The largest absolute Gasteiger partial charge is 0.394 e. The Morgan fingerprint density at radius 2 is 2.00 bits per heavy atom. The highest BCUT2D eigenvalue weighted by Crippen LogP contribution is 2.37. The Hall–Kier alpha value is -1.45. The summed E-state index contributed by atoms with van der Waals surface area (Å²) in [6.07, 6.45) is -2.93. The van der Waals surface area contributed by atoms with Crippen LogP contribution in [-0.2, 0) is 16.0 Å². The van der Waals surface area contributed by atoms with Crippen LogP contribution in [-0.4, -0.2) is 74.2 Å². The SMILES string of the molecule is CCN(C(=O)Cc1ccccc1)C1=N[C@@H]2[C@@H](O)[C@H](O)[C@@H](CO)O[C@@H]2S1. The second kappa shape index (κ2) is 7.84. The van der Waals surface area contributed by atoms with Gasteiger partial charge in [0.1, 0.15) is 29.8 Å². The van der Waals surface area contributed by atoms with Crippen molar-refractivity contribution in [2.24, 2.45) is 4.99 Å². The van der Waals surface area contributed by atoms with Gasteiger partial charge >= 0.3 is 0 Å². The van der Waals surface area contributed by atoms with Crippen molar-refractivity contribution >= 4 is 22.8 Å². The molecule has 2 aliphatic heterocycles. The third-order valence-corrected chi connectivity index (χ3v) is 5.53. The molecule has 0 unspecified atom stereocenters. The fraction of sp³-hybridized carbons (Fsp3) is 0.529. The van der Waals surface area contributed by atoms with Crippen LogP contribution in [0.5, 0.6) is 0 Å². The molecule has 1 saturated heterocycles. The fourth-order valence-corrected chi connectivity index (χ4v) is 4.29. The number of carbonyl (C=O) groups is 1. The molecule has 2 heterocycles. The summed E-state index contributed by atoms with van der Waals surface area (Å²) in [5, 5.41) is 29.9. The number of likely N-dealkylation sites (N-methyl/N-ethyl adjacent to an activating group) is 1. The molecule has 2 aliphatic rings. The number of carbonyl (C=O) groups excluding carboxylic acids is 1. The number of nitrogens with zero attached hydrogens (tertiary/aromatic N) is 2. The summed E-state index contributed by atoms with van der Waals surface area (Å²) in [6.45, 7) is 1.91. The first-order valence-corrected chi connectivity index (χ1v) is 9.14. The van der Waals surface area contributed by atoms with Gasteiger partial charge in [-0.3, -0.25) is 14.7 Å². The zero-order chi connectivity index (χ0) is 18.0. The summed E-state index contributed by atoms with van der Waals surface area (Å²) in [5.41, 5.74) is 0.392. The standard InChI is InChI=1S/C17H22N2O5S/c1-2-19(12(21)8-10-6-4-3-5-7-10)17-18-13-15(23)14(22)11(9-20)24-16(13)25-17/h3-7,11,13-16,20,22-23H,2,8-9H2,1H3/t11-,13-,14-,15-,16-/m1/s1. The van der Waals surface area contributed by atoms with Crippen LogP contribution in [0.15, 0.2) is 35.3 Å². The highest BCUT2D eigenvalue weighted by molar-refractivity contribution is 8.14. The number of hydrogen-bond donors (Lipinski definition) is 3. The minimum atomic E-state index is -1.20. The monoisotopic (exact) mass is 366 g/mol. The van der Waals surface area contributed by atoms with Gasteiger partial charge in [-0.15, -0.1) is 0 Å². The number of ether oxygens (including phenoxy) is 1. The van der Waals surface area contributed by atoms with Gasteiger partial charge in [-0.2, -0.15) is 0 Å². The number of aliphatic hydroxyl groups is 3. The van der Waals surface area contributed by atoms with Crippen LogP contribution in [0.25, 0.3) is 0 Å². The fourth-order valence-electron chi connectivity index (χ4n) is 2.98. The Morgan fingerprint density at radius 1 is 1.28 bits per heavy atom. The van der Waals surface area contributed by atoms with Crippen LogP contribution in [0.1, 0.15) is 12.5 Å². The molecule has 1 amide bonds. The number of rotatable bonds is 4. The molecule has 1 fully saturated rings. The maximum absolute atomic E-state index is 12.6. The summed E-state index contributed by atoms with van der Waals surface area (Å²) in [4.78, 5) is 18.6. The lowest BCUT2D eigenvalue weighted by atomic mass is 9.99. The normalized spacial score (nSPS) is 31.4. The van der Waals surface area contributed by atoms with Gasteiger partial charge in [-0.05, 0) is 12.5 Å². The van der Waals surface area contributed by atoms with Crippen molar-refractivity contribution in [2.45, 2.75) is 43.1 Å². The number of hydrogen-bond acceptors (Lipinski definition) is 7. The molecular weight excluding hydrogens is 344 g/mol. The highest BCUT2D eigenvalue weighted by Gasteiger charge is 2.49. The lowest BCUT2D eigenvalue weighted by molar-refractivity contribution is -0.164. The van der Waals surface area contributed by atoms with E-state index in [2.05, 4.69) is 4.99 Å². The van der Waals surface area contributed by atoms with E-state index in [9.17, 15) is 20.1 Å². The van der Waals surface area contributed by atoms with Gasteiger partial charge in [-0.25, -0.2) is 0 Å². The van der Waals surface area contributed by atoms with Crippen LogP contribution in [0.2, 0.25) is 0 Å². The van der Waals surface area contributed by atoms with E-state index in [-0.39, 0.29) is 18.9 Å². The van der Waals surface area contributed by atoms with Crippen LogP contribution in [0.4, 0.5) is 0 Å². The molecule has 0 saturated carbocycles.